The van der Waals surface area contributed by atoms with Crippen molar-refractivity contribution >= 4 is 50.6 Å². The predicted octanol–water partition coefficient (Wildman–Crippen LogP) is 4.42. The number of anilines is 2. The zero-order valence-corrected chi connectivity index (χ0v) is 14.5. The van der Waals surface area contributed by atoms with Crippen LogP contribution in [0.2, 0.25) is 5.02 Å². The fraction of sp³-hybridized carbons (Fsp3) is 0.235. The molecule has 0 amide bonds. The topological polar surface area (TPSA) is 75.1 Å². The van der Waals surface area contributed by atoms with Crippen LogP contribution in [-0.4, -0.2) is 21.0 Å². The maximum atomic E-state index is 13.3. The molecule has 8 heteroatoms. The summed E-state index contributed by atoms with van der Waals surface area (Å²) in [6.07, 6.45) is 3.27. The minimum atomic E-state index is -0.756. The lowest BCUT2D eigenvalue weighted by Gasteiger charge is -2.18. The number of fused-ring (bicyclic) bond motifs is 3. The van der Waals surface area contributed by atoms with E-state index in [1.165, 1.54) is 29.8 Å². The Balaban J connectivity index is 1.75. The maximum Gasteiger partial charge on any atom is 0.306 e. The van der Waals surface area contributed by atoms with Crippen molar-refractivity contribution < 1.29 is 14.3 Å². The second-order valence-electron chi connectivity index (χ2n) is 5.94. The number of aromatic nitrogens is 2. The SMILES string of the molecule is O=C(O)C1CCc2c(sc3ncnc(Nc4ccc(F)c(Cl)c4)c23)C1. The molecule has 0 radical (unpaired) electrons. The molecule has 4 rings (SSSR count). The van der Waals surface area contributed by atoms with Crippen molar-refractivity contribution in [2.45, 2.75) is 19.3 Å². The van der Waals surface area contributed by atoms with Crippen LogP contribution < -0.4 is 5.32 Å². The van der Waals surface area contributed by atoms with Gasteiger partial charge in [-0.1, -0.05) is 11.6 Å². The van der Waals surface area contributed by atoms with E-state index in [-0.39, 0.29) is 10.9 Å². The summed E-state index contributed by atoms with van der Waals surface area (Å²) in [5.41, 5.74) is 1.74. The lowest BCUT2D eigenvalue weighted by molar-refractivity contribution is -0.142. The Morgan fingerprint density at radius 1 is 1.40 bits per heavy atom. The van der Waals surface area contributed by atoms with E-state index >= 15 is 0 Å². The van der Waals surface area contributed by atoms with E-state index in [1.807, 2.05) is 0 Å². The van der Waals surface area contributed by atoms with Gasteiger partial charge in [-0.3, -0.25) is 4.79 Å². The molecule has 2 N–H and O–H groups in total. The number of hydrogen-bond donors (Lipinski definition) is 2. The first-order chi connectivity index (χ1) is 12.0. The largest absolute Gasteiger partial charge is 0.481 e. The fourth-order valence-electron chi connectivity index (χ4n) is 3.13. The lowest BCUT2D eigenvalue weighted by Crippen LogP contribution is -2.21. The van der Waals surface area contributed by atoms with Gasteiger partial charge in [0, 0.05) is 10.6 Å². The number of nitrogens with zero attached hydrogens (tertiary/aromatic N) is 2. The number of rotatable bonds is 3. The Hall–Kier alpha value is -2.25. The number of aliphatic carboxylic acids is 1. The summed E-state index contributed by atoms with van der Waals surface area (Å²) < 4.78 is 13.3. The molecule has 0 spiro atoms. The second kappa shape index (κ2) is 6.24. The summed E-state index contributed by atoms with van der Waals surface area (Å²) in [5.74, 6) is -0.957. The molecule has 2 heterocycles. The first-order valence-corrected chi connectivity index (χ1v) is 8.92. The summed E-state index contributed by atoms with van der Waals surface area (Å²) in [6.45, 7) is 0. The maximum absolute atomic E-state index is 13.3. The highest BCUT2D eigenvalue weighted by atomic mass is 35.5. The molecule has 25 heavy (non-hydrogen) atoms. The van der Waals surface area contributed by atoms with Crippen LogP contribution in [0.1, 0.15) is 16.9 Å². The molecule has 1 aliphatic carbocycles. The van der Waals surface area contributed by atoms with Crippen LogP contribution in [0.15, 0.2) is 24.5 Å². The van der Waals surface area contributed by atoms with Gasteiger partial charge in [0.05, 0.1) is 16.3 Å². The number of thiophene rings is 1. The molecule has 0 fully saturated rings. The number of carboxylic acids is 1. The van der Waals surface area contributed by atoms with Crippen molar-refractivity contribution in [3.8, 4) is 0 Å². The van der Waals surface area contributed by atoms with Gasteiger partial charge in [0.25, 0.3) is 0 Å². The smallest absolute Gasteiger partial charge is 0.306 e. The van der Waals surface area contributed by atoms with Gasteiger partial charge >= 0.3 is 5.97 Å². The molecule has 0 saturated carbocycles. The monoisotopic (exact) mass is 377 g/mol. The lowest BCUT2D eigenvalue weighted by atomic mass is 9.88. The molecule has 1 aliphatic rings. The van der Waals surface area contributed by atoms with Gasteiger partial charge in [-0.25, -0.2) is 14.4 Å². The highest BCUT2D eigenvalue weighted by molar-refractivity contribution is 7.19. The van der Waals surface area contributed by atoms with Crippen molar-refractivity contribution in [1.29, 1.82) is 0 Å². The molecule has 1 aromatic carbocycles. The van der Waals surface area contributed by atoms with E-state index in [0.717, 1.165) is 20.7 Å². The van der Waals surface area contributed by atoms with Crippen LogP contribution in [-0.2, 0) is 17.6 Å². The number of benzene rings is 1. The Morgan fingerprint density at radius 2 is 2.24 bits per heavy atom. The molecule has 1 unspecified atom stereocenters. The molecule has 2 aromatic heterocycles. The Kier molecular flexibility index (Phi) is 4.05. The normalized spacial score (nSPS) is 16.6. The van der Waals surface area contributed by atoms with E-state index in [9.17, 15) is 14.3 Å². The predicted molar refractivity (Wildman–Crippen MR) is 95.3 cm³/mol. The fourth-order valence-corrected chi connectivity index (χ4v) is 4.57. The third-order valence-corrected chi connectivity index (χ3v) is 5.83. The Labute approximate surface area is 151 Å². The average molecular weight is 378 g/mol. The van der Waals surface area contributed by atoms with Gasteiger partial charge < -0.3 is 10.4 Å². The Bertz CT molecular complexity index is 991. The molecule has 3 aromatic rings. The first-order valence-electron chi connectivity index (χ1n) is 7.73. The molecule has 5 nitrogen and oxygen atoms in total. The van der Waals surface area contributed by atoms with Gasteiger partial charge in [-0.15, -0.1) is 11.3 Å². The number of halogens is 2. The molecule has 0 bridgehead atoms. The van der Waals surface area contributed by atoms with Gasteiger partial charge in [0.15, 0.2) is 0 Å². The number of carbonyl (C=O) groups is 1. The van der Waals surface area contributed by atoms with Crippen LogP contribution in [0.25, 0.3) is 10.2 Å². The van der Waals surface area contributed by atoms with Crippen LogP contribution in [0, 0.1) is 11.7 Å². The molecular formula is C17H13ClFN3O2S. The van der Waals surface area contributed by atoms with E-state index < -0.39 is 11.8 Å². The van der Waals surface area contributed by atoms with E-state index in [4.69, 9.17) is 11.6 Å². The molecular weight excluding hydrogens is 365 g/mol. The summed E-state index contributed by atoms with van der Waals surface area (Å²) in [4.78, 5) is 21.8. The number of nitrogens with one attached hydrogen (secondary N) is 1. The molecule has 128 valence electrons. The zero-order valence-electron chi connectivity index (χ0n) is 12.9. The van der Waals surface area contributed by atoms with Crippen LogP contribution in [0.5, 0.6) is 0 Å². The minimum Gasteiger partial charge on any atom is -0.481 e. The standard InChI is InChI=1S/C17H13ClFN3O2S/c18-11-6-9(2-4-12(11)19)22-15-14-10-3-1-8(17(23)24)5-13(10)25-16(14)21-7-20-15/h2,4,6-8H,1,3,5H2,(H,23,24)(H,20,21,22). The minimum absolute atomic E-state index is 0.0342. The van der Waals surface area contributed by atoms with E-state index in [2.05, 4.69) is 15.3 Å². The van der Waals surface area contributed by atoms with Crippen LogP contribution in [0.3, 0.4) is 0 Å². The molecule has 0 saturated heterocycles. The van der Waals surface area contributed by atoms with Gasteiger partial charge in [-0.2, -0.15) is 0 Å². The van der Waals surface area contributed by atoms with Gasteiger partial charge in [-0.05, 0) is 43.0 Å². The third-order valence-electron chi connectivity index (χ3n) is 4.38. The van der Waals surface area contributed by atoms with Crippen molar-refractivity contribution in [2.24, 2.45) is 5.92 Å². The highest BCUT2D eigenvalue weighted by Gasteiger charge is 2.28. The second-order valence-corrected chi connectivity index (χ2v) is 7.43. The van der Waals surface area contributed by atoms with Gasteiger partial charge in [0.1, 0.15) is 22.8 Å². The van der Waals surface area contributed by atoms with Crippen LogP contribution >= 0.6 is 22.9 Å². The summed E-state index contributed by atoms with van der Waals surface area (Å²) in [6, 6.07) is 4.39. The zero-order chi connectivity index (χ0) is 17.6. The Morgan fingerprint density at radius 3 is 3.00 bits per heavy atom. The third kappa shape index (κ3) is 2.94. The summed E-state index contributed by atoms with van der Waals surface area (Å²) in [7, 11) is 0. The number of carboxylic acid groups (broad SMARTS) is 1. The highest BCUT2D eigenvalue weighted by Crippen LogP contribution is 2.40. The van der Waals surface area contributed by atoms with Crippen molar-refractivity contribution in [2.75, 3.05) is 5.32 Å². The van der Waals surface area contributed by atoms with Crippen molar-refractivity contribution in [3.63, 3.8) is 0 Å². The average Bonchev–Trinajstić information content (AvgIpc) is 2.96. The first kappa shape index (κ1) is 16.2. The number of hydrogen-bond acceptors (Lipinski definition) is 5. The van der Waals surface area contributed by atoms with E-state index in [1.54, 1.807) is 6.07 Å². The van der Waals surface area contributed by atoms with Crippen molar-refractivity contribution in [1.82, 2.24) is 9.97 Å². The molecule has 0 aliphatic heterocycles. The van der Waals surface area contributed by atoms with Crippen LogP contribution in [0.4, 0.5) is 15.9 Å². The quantitative estimate of drug-likeness (QED) is 0.706. The summed E-state index contributed by atoms with van der Waals surface area (Å²) >= 11 is 7.35. The van der Waals surface area contributed by atoms with Crippen molar-refractivity contribution in [3.05, 3.63) is 45.8 Å². The van der Waals surface area contributed by atoms with E-state index in [0.29, 0.717) is 30.8 Å². The van der Waals surface area contributed by atoms with Gasteiger partial charge in [0.2, 0.25) is 0 Å². The number of aryl methyl sites for hydroxylation is 1. The summed E-state index contributed by atoms with van der Waals surface area (Å²) in [5, 5.41) is 13.4. The molecule has 1 atom stereocenters.